The summed E-state index contributed by atoms with van der Waals surface area (Å²) in [5, 5.41) is 11.3. The largest absolute Gasteiger partial charge is 0.459 e. The summed E-state index contributed by atoms with van der Waals surface area (Å²) in [6.45, 7) is 5.59. The van der Waals surface area contributed by atoms with Gasteiger partial charge in [-0.15, -0.1) is 10.2 Å². The van der Waals surface area contributed by atoms with Gasteiger partial charge in [0.05, 0.1) is 25.4 Å². The predicted octanol–water partition coefficient (Wildman–Crippen LogP) is 4.30. The molecule has 1 amide bonds. The van der Waals surface area contributed by atoms with Crippen molar-refractivity contribution in [3.05, 3.63) is 59.2 Å². The van der Waals surface area contributed by atoms with E-state index in [4.69, 9.17) is 8.83 Å². The van der Waals surface area contributed by atoms with Gasteiger partial charge in [0.1, 0.15) is 0 Å². The number of amides is 1. The molecule has 0 bridgehead atoms. The number of carbonyl (C=O) groups is 1. The molecule has 1 aromatic carbocycles. The second-order valence-electron chi connectivity index (χ2n) is 8.21. The van der Waals surface area contributed by atoms with Gasteiger partial charge in [-0.25, -0.2) is 0 Å². The molecule has 1 aliphatic rings. The number of rotatable bonds is 9. The molecule has 164 valence electrons. The Labute approximate surface area is 182 Å². The van der Waals surface area contributed by atoms with E-state index in [9.17, 15) is 4.79 Å². The van der Waals surface area contributed by atoms with Gasteiger partial charge in [0.25, 0.3) is 5.89 Å². The Bertz CT molecular complexity index is 996. The Morgan fingerprint density at radius 3 is 2.81 bits per heavy atom. The van der Waals surface area contributed by atoms with Gasteiger partial charge in [0.15, 0.2) is 5.76 Å². The van der Waals surface area contributed by atoms with E-state index in [-0.39, 0.29) is 18.5 Å². The third-order valence-corrected chi connectivity index (χ3v) is 5.71. The minimum Gasteiger partial charge on any atom is -0.459 e. The molecule has 2 heterocycles. The third kappa shape index (κ3) is 5.41. The summed E-state index contributed by atoms with van der Waals surface area (Å²) < 4.78 is 11.0. The standard InChI is InChI=1S/C24H30N4O3/c1-3-12-28(16-23-26-27-24(31-23)21-9-6-13-30-21)15-22(29)25-17(2)19-11-10-18-7-4-5-8-20(18)14-19/h6,9-11,13-14,17H,3-5,7-8,12,15-16H2,1-2H3,(H,25,29)/t17-/m1/s1. The fraction of sp³-hybridized carbons (Fsp3) is 0.458. The van der Waals surface area contributed by atoms with Crippen LogP contribution in [0.15, 0.2) is 45.4 Å². The topological polar surface area (TPSA) is 84.4 Å². The number of aromatic nitrogens is 2. The van der Waals surface area contributed by atoms with Crippen molar-refractivity contribution in [2.24, 2.45) is 0 Å². The van der Waals surface area contributed by atoms with Gasteiger partial charge in [-0.05, 0) is 74.4 Å². The summed E-state index contributed by atoms with van der Waals surface area (Å²) in [6, 6.07) is 10.2. The Kier molecular flexibility index (Phi) is 6.82. The van der Waals surface area contributed by atoms with Crippen molar-refractivity contribution < 1.29 is 13.6 Å². The maximum atomic E-state index is 12.7. The van der Waals surface area contributed by atoms with E-state index in [2.05, 4.69) is 40.6 Å². The molecule has 0 aliphatic heterocycles. The summed E-state index contributed by atoms with van der Waals surface area (Å²) in [5.74, 6) is 1.35. The van der Waals surface area contributed by atoms with E-state index in [1.165, 1.54) is 30.4 Å². The zero-order valence-electron chi connectivity index (χ0n) is 18.3. The lowest BCUT2D eigenvalue weighted by Gasteiger charge is -2.22. The van der Waals surface area contributed by atoms with Gasteiger partial charge in [-0.2, -0.15) is 0 Å². The van der Waals surface area contributed by atoms with E-state index in [1.54, 1.807) is 18.4 Å². The predicted molar refractivity (Wildman–Crippen MR) is 117 cm³/mol. The number of hydrogen-bond donors (Lipinski definition) is 1. The molecule has 0 fully saturated rings. The van der Waals surface area contributed by atoms with Crippen LogP contribution in [0.2, 0.25) is 0 Å². The van der Waals surface area contributed by atoms with Crippen LogP contribution in [-0.2, 0) is 24.2 Å². The highest BCUT2D eigenvalue weighted by Gasteiger charge is 2.18. The van der Waals surface area contributed by atoms with Crippen molar-refractivity contribution in [3.63, 3.8) is 0 Å². The minimum atomic E-state index is -0.0304. The Morgan fingerprint density at radius 2 is 2.03 bits per heavy atom. The first kappa shape index (κ1) is 21.3. The molecule has 0 spiro atoms. The van der Waals surface area contributed by atoms with Crippen molar-refractivity contribution in [2.45, 2.75) is 58.5 Å². The minimum absolute atomic E-state index is 0.00977. The molecule has 7 heteroatoms. The first-order valence-electron chi connectivity index (χ1n) is 11.1. The quantitative estimate of drug-likeness (QED) is 0.554. The van der Waals surface area contributed by atoms with E-state index in [0.717, 1.165) is 24.9 Å². The van der Waals surface area contributed by atoms with Crippen LogP contribution < -0.4 is 5.32 Å². The molecule has 7 nitrogen and oxygen atoms in total. The Morgan fingerprint density at radius 1 is 1.19 bits per heavy atom. The fourth-order valence-electron chi connectivity index (χ4n) is 4.14. The van der Waals surface area contributed by atoms with Gasteiger partial charge in [0.2, 0.25) is 11.8 Å². The number of furan rings is 1. The molecule has 4 rings (SSSR count). The van der Waals surface area contributed by atoms with Gasteiger partial charge in [0, 0.05) is 0 Å². The molecule has 2 aromatic heterocycles. The Hall–Kier alpha value is -2.93. The SMILES string of the molecule is CCCN(CC(=O)N[C@H](C)c1ccc2c(c1)CCCC2)Cc1nnc(-c2ccco2)o1. The van der Waals surface area contributed by atoms with E-state index in [1.807, 2.05) is 11.8 Å². The van der Waals surface area contributed by atoms with E-state index >= 15 is 0 Å². The third-order valence-electron chi connectivity index (χ3n) is 5.71. The van der Waals surface area contributed by atoms with Crippen LogP contribution in [0.3, 0.4) is 0 Å². The highest BCUT2D eigenvalue weighted by Crippen LogP contribution is 2.25. The van der Waals surface area contributed by atoms with Gasteiger partial charge in [-0.3, -0.25) is 9.69 Å². The number of aryl methyl sites for hydroxylation is 2. The van der Waals surface area contributed by atoms with Crippen LogP contribution in [0.5, 0.6) is 0 Å². The van der Waals surface area contributed by atoms with Crippen LogP contribution >= 0.6 is 0 Å². The first-order chi connectivity index (χ1) is 15.1. The van der Waals surface area contributed by atoms with Crippen molar-refractivity contribution in [3.8, 4) is 11.7 Å². The van der Waals surface area contributed by atoms with Crippen LogP contribution in [0, 0.1) is 0 Å². The smallest absolute Gasteiger partial charge is 0.283 e. The molecule has 1 atom stereocenters. The molecule has 0 radical (unpaired) electrons. The molecule has 3 aromatic rings. The summed E-state index contributed by atoms with van der Waals surface area (Å²) in [5.41, 5.74) is 4.05. The van der Waals surface area contributed by atoms with Crippen molar-refractivity contribution in [1.82, 2.24) is 20.4 Å². The normalized spacial score (nSPS) is 14.4. The summed E-state index contributed by atoms with van der Waals surface area (Å²) >= 11 is 0. The van der Waals surface area contributed by atoms with Crippen molar-refractivity contribution >= 4 is 5.91 Å². The highest BCUT2D eigenvalue weighted by molar-refractivity contribution is 5.78. The molecule has 0 saturated heterocycles. The van der Waals surface area contributed by atoms with Crippen molar-refractivity contribution in [1.29, 1.82) is 0 Å². The molecule has 0 saturated carbocycles. The first-order valence-corrected chi connectivity index (χ1v) is 11.1. The van der Waals surface area contributed by atoms with Crippen molar-refractivity contribution in [2.75, 3.05) is 13.1 Å². The number of fused-ring (bicyclic) bond motifs is 1. The molecule has 0 unspecified atom stereocenters. The summed E-state index contributed by atoms with van der Waals surface area (Å²) in [4.78, 5) is 14.8. The van der Waals surface area contributed by atoms with Crippen LogP contribution in [0.25, 0.3) is 11.7 Å². The highest BCUT2D eigenvalue weighted by atomic mass is 16.4. The number of nitrogens with one attached hydrogen (secondary N) is 1. The average Bonchev–Trinajstić information content (AvgIpc) is 3.45. The van der Waals surface area contributed by atoms with Gasteiger partial charge < -0.3 is 14.2 Å². The number of benzene rings is 1. The second kappa shape index (κ2) is 9.92. The van der Waals surface area contributed by atoms with Crippen LogP contribution in [0.1, 0.15) is 61.7 Å². The molecular weight excluding hydrogens is 392 g/mol. The van der Waals surface area contributed by atoms with Gasteiger partial charge >= 0.3 is 0 Å². The average molecular weight is 423 g/mol. The van der Waals surface area contributed by atoms with Crippen LogP contribution in [0.4, 0.5) is 0 Å². The second-order valence-corrected chi connectivity index (χ2v) is 8.21. The maximum absolute atomic E-state index is 12.7. The van der Waals surface area contributed by atoms with E-state index in [0.29, 0.717) is 24.1 Å². The lowest BCUT2D eigenvalue weighted by molar-refractivity contribution is -0.123. The number of nitrogens with zero attached hydrogens (tertiary/aromatic N) is 3. The van der Waals surface area contributed by atoms with Crippen LogP contribution in [-0.4, -0.2) is 34.1 Å². The molecule has 1 N–H and O–H groups in total. The summed E-state index contributed by atoms with van der Waals surface area (Å²) in [6.07, 6.45) is 7.32. The number of carbonyl (C=O) groups excluding carboxylic acids is 1. The lowest BCUT2D eigenvalue weighted by Crippen LogP contribution is -2.38. The molecule has 31 heavy (non-hydrogen) atoms. The molecule has 1 aliphatic carbocycles. The zero-order valence-corrected chi connectivity index (χ0v) is 18.3. The van der Waals surface area contributed by atoms with Gasteiger partial charge in [-0.1, -0.05) is 25.1 Å². The lowest BCUT2D eigenvalue weighted by atomic mass is 9.89. The fourth-order valence-corrected chi connectivity index (χ4v) is 4.14. The zero-order chi connectivity index (χ0) is 21.6. The summed E-state index contributed by atoms with van der Waals surface area (Å²) in [7, 11) is 0. The Balaban J connectivity index is 1.35. The van der Waals surface area contributed by atoms with E-state index < -0.39 is 0 Å². The number of hydrogen-bond acceptors (Lipinski definition) is 6. The molecular formula is C24H30N4O3. The monoisotopic (exact) mass is 422 g/mol. The maximum Gasteiger partial charge on any atom is 0.283 e.